The summed E-state index contributed by atoms with van der Waals surface area (Å²) in [5, 5.41) is 7.19. The number of nitrogens with zero attached hydrogens (tertiary/aromatic N) is 3. The maximum Gasteiger partial charge on any atom is 0.171 e. The smallest absolute Gasteiger partial charge is 0.171 e. The molecule has 0 aliphatic heterocycles. The van der Waals surface area contributed by atoms with E-state index < -0.39 is 14.6 Å². The van der Waals surface area contributed by atoms with Crippen molar-refractivity contribution in [2.24, 2.45) is 0 Å². The van der Waals surface area contributed by atoms with Crippen LogP contribution in [0.4, 0.5) is 0 Å². The van der Waals surface area contributed by atoms with Gasteiger partial charge in [0.1, 0.15) is 5.69 Å². The van der Waals surface area contributed by atoms with Crippen LogP contribution in [0.25, 0.3) is 0 Å². The molecule has 7 heteroatoms. The first-order chi connectivity index (χ1) is 7.26. The molecule has 0 saturated carbocycles. The van der Waals surface area contributed by atoms with E-state index in [9.17, 15) is 13.2 Å². The van der Waals surface area contributed by atoms with Crippen molar-refractivity contribution in [1.82, 2.24) is 15.0 Å². The molecule has 0 aliphatic rings. The molecule has 0 N–H and O–H groups in total. The van der Waals surface area contributed by atoms with E-state index in [2.05, 4.69) is 10.3 Å². The second-order valence-corrected chi connectivity index (χ2v) is 7.32. The van der Waals surface area contributed by atoms with E-state index >= 15 is 0 Å². The highest BCUT2D eigenvalue weighted by atomic mass is 32.2. The minimum atomic E-state index is -3.17. The Bertz CT molecular complexity index is 470. The monoisotopic (exact) mass is 245 g/mol. The van der Waals surface area contributed by atoms with Crippen molar-refractivity contribution in [3.63, 3.8) is 0 Å². The molecule has 0 saturated heterocycles. The Balaban J connectivity index is 2.68. The Morgan fingerprint density at radius 3 is 2.50 bits per heavy atom. The van der Waals surface area contributed by atoms with Crippen LogP contribution in [-0.4, -0.2) is 40.2 Å². The molecule has 16 heavy (non-hydrogen) atoms. The van der Waals surface area contributed by atoms with Crippen molar-refractivity contribution in [3.05, 3.63) is 11.9 Å². The minimum absolute atomic E-state index is 0.0157. The van der Waals surface area contributed by atoms with Crippen LogP contribution in [0, 0.1) is 0 Å². The molecule has 90 valence electrons. The zero-order valence-corrected chi connectivity index (χ0v) is 10.4. The minimum Gasteiger partial charge on any atom is -0.296 e. The molecule has 1 aromatic heterocycles. The fraction of sp³-hybridized carbons (Fsp3) is 0.667. The summed E-state index contributed by atoms with van der Waals surface area (Å²) in [6.07, 6.45) is 1.99. The Hall–Kier alpha value is -1.24. The normalized spacial score (nSPS) is 12.7. The molecule has 0 aromatic carbocycles. The van der Waals surface area contributed by atoms with Gasteiger partial charge < -0.3 is 0 Å². The van der Waals surface area contributed by atoms with Gasteiger partial charge in [-0.2, -0.15) is 0 Å². The summed E-state index contributed by atoms with van der Waals surface area (Å²) in [7, 11) is -3.17. The lowest BCUT2D eigenvalue weighted by molar-refractivity contribution is 0.111. The summed E-state index contributed by atoms with van der Waals surface area (Å²) in [6, 6.07) is 0. The largest absolute Gasteiger partial charge is 0.296 e. The van der Waals surface area contributed by atoms with Crippen LogP contribution in [0.1, 0.15) is 31.3 Å². The van der Waals surface area contributed by atoms with Crippen LogP contribution in [0.2, 0.25) is 0 Å². The first-order valence-corrected chi connectivity index (χ1v) is 6.49. The summed E-state index contributed by atoms with van der Waals surface area (Å²) in [6.45, 7) is 5.17. The number of sulfone groups is 1. The molecule has 0 spiro atoms. The predicted molar refractivity (Wildman–Crippen MR) is 58.9 cm³/mol. The third-order valence-corrected chi connectivity index (χ3v) is 4.79. The zero-order chi connectivity index (χ0) is 12.4. The number of aldehydes is 1. The number of aryl methyl sites for hydroxylation is 1. The molecule has 0 amide bonds. The van der Waals surface area contributed by atoms with Crippen molar-refractivity contribution in [3.8, 4) is 0 Å². The maximum atomic E-state index is 11.8. The van der Waals surface area contributed by atoms with E-state index in [-0.39, 0.29) is 18.0 Å². The predicted octanol–water partition coefficient (Wildman–Crippen LogP) is 0.304. The van der Waals surface area contributed by atoms with Crippen LogP contribution >= 0.6 is 0 Å². The number of aromatic nitrogens is 3. The molecule has 0 radical (unpaired) electrons. The highest BCUT2D eigenvalue weighted by Crippen LogP contribution is 2.15. The van der Waals surface area contributed by atoms with E-state index in [4.69, 9.17) is 0 Å². The molecule has 1 heterocycles. The average Bonchev–Trinajstić information content (AvgIpc) is 2.60. The van der Waals surface area contributed by atoms with Gasteiger partial charge in [0.05, 0.1) is 23.2 Å². The van der Waals surface area contributed by atoms with Crippen LogP contribution in [0.3, 0.4) is 0 Å². The molecule has 6 nitrogen and oxygen atoms in total. The average molecular weight is 245 g/mol. The highest BCUT2D eigenvalue weighted by molar-refractivity contribution is 7.92. The standard InChI is InChI=1S/C9H15N3O3S/c1-9(2,3)16(14,15)5-4-12-6-8(7-13)10-11-12/h6-7H,4-5H2,1-3H3. The molecule has 1 aromatic rings. The van der Waals surface area contributed by atoms with Gasteiger partial charge in [0.15, 0.2) is 16.1 Å². The lowest BCUT2D eigenvalue weighted by Gasteiger charge is -2.18. The van der Waals surface area contributed by atoms with Gasteiger partial charge in [0, 0.05) is 0 Å². The fourth-order valence-corrected chi connectivity index (χ4v) is 2.04. The summed E-state index contributed by atoms with van der Waals surface area (Å²) < 4.78 is 24.1. The first-order valence-electron chi connectivity index (χ1n) is 4.84. The second kappa shape index (κ2) is 4.32. The summed E-state index contributed by atoms with van der Waals surface area (Å²) >= 11 is 0. The second-order valence-electron chi connectivity index (χ2n) is 4.46. The fourth-order valence-electron chi connectivity index (χ4n) is 0.997. The Kier molecular flexibility index (Phi) is 3.47. The van der Waals surface area contributed by atoms with Gasteiger partial charge in [-0.15, -0.1) is 5.10 Å². The Morgan fingerprint density at radius 2 is 2.06 bits per heavy atom. The number of carbonyl (C=O) groups is 1. The first kappa shape index (κ1) is 12.8. The Morgan fingerprint density at radius 1 is 1.44 bits per heavy atom. The molecule has 1 rings (SSSR count). The van der Waals surface area contributed by atoms with Crippen LogP contribution < -0.4 is 0 Å². The van der Waals surface area contributed by atoms with E-state index in [1.165, 1.54) is 10.9 Å². The highest BCUT2D eigenvalue weighted by Gasteiger charge is 2.28. The van der Waals surface area contributed by atoms with Crippen molar-refractivity contribution in [1.29, 1.82) is 0 Å². The van der Waals surface area contributed by atoms with Crippen molar-refractivity contribution in [2.45, 2.75) is 32.1 Å². The number of rotatable bonds is 4. The third kappa shape index (κ3) is 2.88. The molecule has 0 bridgehead atoms. The van der Waals surface area contributed by atoms with Gasteiger partial charge in [0.2, 0.25) is 0 Å². The lowest BCUT2D eigenvalue weighted by atomic mass is 10.3. The quantitative estimate of drug-likeness (QED) is 0.713. The summed E-state index contributed by atoms with van der Waals surface area (Å²) in [5.74, 6) is -0.0157. The van der Waals surface area contributed by atoms with Crippen molar-refractivity contribution in [2.75, 3.05) is 5.75 Å². The van der Waals surface area contributed by atoms with Gasteiger partial charge in [-0.3, -0.25) is 9.48 Å². The van der Waals surface area contributed by atoms with Crippen LogP contribution in [0.15, 0.2) is 6.20 Å². The van der Waals surface area contributed by atoms with Gasteiger partial charge in [-0.1, -0.05) is 5.21 Å². The summed E-state index contributed by atoms with van der Waals surface area (Å²) in [4.78, 5) is 10.3. The number of hydrogen-bond acceptors (Lipinski definition) is 5. The van der Waals surface area contributed by atoms with Crippen molar-refractivity contribution < 1.29 is 13.2 Å². The van der Waals surface area contributed by atoms with Gasteiger partial charge in [0.25, 0.3) is 0 Å². The van der Waals surface area contributed by atoms with Gasteiger partial charge in [-0.05, 0) is 20.8 Å². The molecule has 0 fully saturated rings. The van der Waals surface area contributed by atoms with E-state index in [0.717, 1.165) is 0 Å². The van der Waals surface area contributed by atoms with Gasteiger partial charge in [-0.25, -0.2) is 8.42 Å². The Labute approximate surface area is 94.6 Å². The molecule has 0 atom stereocenters. The molecule has 0 aliphatic carbocycles. The number of hydrogen-bond donors (Lipinski definition) is 0. The van der Waals surface area contributed by atoms with Crippen LogP contribution in [-0.2, 0) is 16.4 Å². The topological polar surface area (TPSA) is 81.9 Å². The van der Waals surface area contributed by atoms with E-state index in [0.29, 0.717) is 6.29 Å². The maximum absolute atomic E-state index is 11.8. The zero-order valence-electron chi connectivity index (χ0n) is 9.54. The molecular formula is C9H15N3O3S. The SMILES string of the molecule is CC(C)(C)S(=O)(=O)CCn1cc(C=O)nn1. The number of carbonyl (C=O) groups excluding carboxylic acids is 1. The van der Waals surface area contributed by atoms with Crippen LogP contribution in [0.5, 0.6) is 0 Å². The lowest BCUT2D eigenvalue weighted by Crippen LogP contribution is -2.32. The summed E-state index contributed by atoms with van der Waals surface area (Å²) in [5.41, 5.74) is 0.202. The van der Waals surface area contributed by atoms with E-state index in [1.807, 2.05) is 0 Å². The third-order valence-electron chi connectivity index (χ3n) is 2.20. The molecular weight excluding hydrogens is 230 g/mol. The van der Waals surface area contributed by atoms with Gasteiger partial charge >= 0.3 is 0 Å². The molecule has 0 unspecified atom stereocenters. The van der Waals surface area contributed by atoms with E-state index in [1.54, 1.807) is 20.8 Å². The van der Waals surface area contributed by atoms with Crippen molar-refractivity contribution >= 4 is 16.1 Å².